The van der Waals surface area contributed by atoms with Crippen LogP contribution in [0.25, 0.3) is 0 Å². The number of nitro benzene ring substituents is 1. The van der Waals surface area contributed by atoms with Crippen LogP contribution in [0, 0.1) is 10.1 Å². The van der Waals surface area contributed by atoms with Crippen LogP contribution >= 0.6 is 0 Å². The SMILES string of the molecule is O=C(NCc1ccccc1)Nc1cccc([C@@H]2O[C@H](CN3CCN(c4ccc([N+](=O)[O-])cc4)CC3)C[C@H](c3ccc(CO)cc3)O2)c1. The molecule has 0 radical (unpaired) electrons. The maximum atomic E-state index is 12.7. The molecule has 3 N–H and O–H groups in total. The third-order valence-corrected chi connectivity index (χ3v) is 8.59. The second-order valence-corrected chi connectivity index (χ2v) is 11.8. The summed E-state index contributed by atoms with van der Waals surface area (Å²) in [6.07, 6.45) is -0.323. The van der Waals surface area contributed by atoms with E-state index in [1.807, 2.05) is 91.0 Å². The summed E-state index contributed by atoms with van der Waals surface area (Å²) in [4.78, 5) is 27.9. The van der Waals surface area contributed by atoms with Crippen LogP contribution in [0.2, 0.25) is 0 Å². The highest BCUT2D eigenvalue weighted by atomic mass is 16.7. The molecule has 6 rings (SSSR count). The molecule has 0 aromatic heterocycles. The molecular formula is C36H39N5O6. The highest BCUT2D eigenvalue weighted by Gasteiger charge is 2.34. The maximum absolute atomic E-state index is 12.7. The fraction of sp³-hybridized carbons (Fsp3) is 0.306. The minimum absolute atomic E-state index is 0.0231. The van der Waals surface area contributed by atoms with Crippen molar-refractivity contribution in [1.82, 2.24) is 10.2 Å². The molecule has 2 aliphatic heterocycles. The van der Waals surface area contributed by atoms with Crippen molar-refractivity contribution in [2.24, 2.45) is 0 Å². The molecule has 0 bridgehead atoms. The topological polar surface area (TPSA) is 129 Å². The number of aliphatic hydroxyl groups excluding tert-OH is 1. The molecule has 4 aromatic rings. The standard InChI is InChI=1S/C36H39N5O6/c42-25-27-9-11-28(12-10-27)34-22-33(24-39-17-19-40(20-18-39)31-13-15-32(16-14-31)41(44)45)46-35(47-34)29-7-4-8-30(21-29)38-36(43)37-23-26-5-2-1-3-6-26/h1-16,21,33-35,42H,17-20,22-25H2,(H2,37,38,43)/t33-,34+,35+/m0/s1. The first kappa shape index (κ1) is 32.1. The summed E-state index contributed by atoms with van der Waals surface area (Å²) in [6, 6.07) is 31.5. The number of carbonyl (C=O) groups excluding carboxylic acids is 1. The van der Waals surface area contributed by atoms with Crippen LogP contribution in [-0.2, 0) is 22.6 Å². The summed E-state index contributed by atoms with van der Waals surface area (Å²) in [5.74, 6) is 0. The van der Waals surface area contributed by atoms with E-state index in [2.05, 4.69) is 20.4 Å². The van der Waals surface area contributed by atoms with Gasteiger partial charge in [-0.1, -0.05) is 66.7 Å². The number of aliphatic hydroxyl groups is 1. The fourth-order valence-electron chi connectivity index (χ4n) is 6.01. The zero-order valence-corrected chi connectivity index (χ0v) is 26.0. The van der Waals surface area contributed by atoms with Gasteiger partial charge < -0.3 is 30.1 Å². The number of ether oxygens (including phenoxy) is 2. The number of nitro groups is 1. The molecule has 11 heteroatoms. The average Bonchev–Trinajstić information content (AvgIpc) is 3.11. The first-order chi connectivity index (χ1) is 22.9. The molecule has 0 saturated carbocycles. The molecule has 244 valence electrons. The highest BCUT2D eigenvalue weighted by Crippen LogP contribution is 2.39. The number of hydrogen-bond donors (Lipinski definition) is 3. The zero-order valence-electron chi connectivity index (χ0n) is 26.0. The van der Waals surface area contributed by atoms with Gasteiger partial charge in [0.1, 0.15) is 0 Å². The third-order valence-electron chi connectivity index (χ3n) is 8.59. The molecule has 2 saturated heterocycles. The molecule has 2 fully saturated rings. The fourth-order valence-corrected chi connectivity index (χ4v) is 6.01. The van der Waals surface area contributed by atoms with Crippen molar-refractivity contribution in [3.05, 3.63) is 135 Å². The Morgan fingerprint density at radius 3 is 2.30 bits per heavy atom. The van der Waals surface area contributed by atoms with Crippen molar-refractivity contribution in [1.29, 1.82) is 0 Å². The average molecular weight is 638 g/mol. The normalized spacial score (nSPS) is 20.0. The van der Waals surface area contributed by atoms with E-state index in [0.29, 0.717) is 18.7 Å². The highest BCUT2D eigenvalue weighted by molar-refractivity contribution is 5.89. The van der Waals surface area contributed by atoms with Gasteiger partial charge in [0.25, 0.3) is 5.69 Å². The van der Waals surface area contributed by atoms with Crippen molar-refractivity contribution < 1.29 is 24.3 Å². The van der Waals surface area contributed by atoms with Crippen molar-refractivity contribution in [2.45, 2.75) is 38.1 Å². The van der Waals surface area contributed by atoms with E-state index in [0.717, 1.165) is 60.7 Å². The number of rotatable bonds is 10. The van der Waals surface area contributed by atoms with E-state index in [4.69, 9.17) is 9.47 Å². The van der Waals surface area contributed by atoms with E-state index in [1.54, 1.807) is 12.1 Å². The van der Waals surface area contributed by atoms with Gasteiger partial charge in [-0.25, -0.2) is 4.79 Å². The molecule has 2 heterocycles. The van der Waals surface area contributed by atoms with Gasteiger partial charge in [-0.3, -0.25) is 15.0 Å². The Bertz CT molecular complexity index is 1630. The number of benzene rings is 4. The third kappa shape index (κ3) is 8.52. The molecule has 3 atom stereocenters. The number of anilines is 2. The Balaban J connectivity index is 1.11. The van der Waals surface area contributed by atoms with Crippen LogP contribution < -0.4 is 15.5 Å². The summed E-state index contributed by atoms with van der Waals surface area (Å²) in [6.45, 7) is 4.38. The number of non-ortho nitro benzene ring substituents is 1. The largest absolute Gasteiger partial charge is 0.392 e. The molecule has 2 aliphatic rings. The summed E-state index contributed by atoms with van der Waals surface area (Å²) in [7, 11) is 0. The summed E-state index contributed by atoms with van der Waals surface area (Å²) >= 11 is 0. The van der Waals surface area contributed by atoms with Gasteiger partial charge in [0.05, 0.1) is 23.7 Å². The monoisotopic (exact) mass is 637 g/mol. The van der Waals surface area contributed by atoms with Crippen LogP contribution in [0.3, 0.4) is 0 Å². The summed E-state index contributed by atoms with van der Waals surface area (Å²) in [5, 5.41) is 26.4. The van der Waals surface area contributed by atoms with E-state index >= 15 is 0 Å². The number of hydrogen-bond acceptors (Lipinski definition) is 8. The first-order valence-electron chi connectivity index (χ1n) is 15.8. The lowest BCUT2D eigenvalue weighted by Crippen LogP contribution is -2.49. The zero-order chi connectivity index (χ0) is 32.6. The molecule has 2 amide bonds. The van der Waals surface area contributed by atoms with Gasteiger partial charge in [-0.05, 0) is 41.0 Å². The molecule has 47 heavy (non-hydrogen) atoms. The number of carbonyl (C=O) groups is 1. The molecule has 0 unspecified atom stereocenters. The lowest BCUT2D eigenvalue weighted by atomic mass is 9.99. The Morgan fingerprint density at radius 2 is 1.60 bits per heavy atom. The van der Waals surface area contributed by atoms with Crippen LogP contribution in [0.15, 0.2) is 103 Å². The summed E-state index contributed by atoms with van der Waals surface area (Å²) in [5.41, 5.74) is 5.36. The lowest BCUT2D eigenvalue weighted by Gasteiger charge is -2.41. The Hall–Kier alpha value is -4.81. The molecular weight excluding hydrogens is 598 g/mol. The van der Waals surface area contributed by atoms with E-state index in [1.165, 1.54) is 0 Å². The smallest absolute Gasteiger partial charge is 0.319 e. The van der Waals surface area contributed by atoms with Gasteiger partial charge in [0.15, 0.2) is 6.29 Å². The van der Waals surface area contributed by atoms with Crippen LogP contribution in [-0.4, -0.2) is 59.8 Å². The van der Waals surface area contributed by atoms with Gasteiger partial charge in [0, 0.05) is 74.8 Å². The number of piperazine rings is 1. The van der Waals surface area contributed by atoms with Crippen LogP contribution in [0.1, 0.15) is 41.1 Å². The number of urea groups is 1. The second-order valence-electron chi connectivity index (χ2n) is 11.8. The van der Waals surface area contributed by atoms with Crippen LogP contribution in [0.5, 0.6) is 0 Å². The van der Waals surface area contributed by atoms with E-state index in [9.17, 15) is 20.0 Å². The van der Waals surface area contributed by atoms with Gasteiger partial charge >= 0.3 is 6.03 Å². The maximum Gasteiger partial charge on any atom is 0.319 e. The predicted molar refractivity (Wildman–Crippen MR) is 179 cm³/mol. The molecule has 0 spiro atoms. The molecule has 11 nitrogen and oxygen atoms in total. The second kappa shape index (κ2) is 15.2. The minimum atomic E-state index is -0.646. The number of nitrogens with zero attached hydrogens (tertiary/aromatic N) is 3. The Kier molecular flexibility index (Phi) is 10.4. The summed E-state index contributed by atoms with van der Waals surface area (Å²) < 4.78 is 13.1. The van der Waals surface area contributed by atoms with E-state index in [-0.39, 0.29) is 35.5 Å². The lowest BCUT2D eigenvalue weighted by molar-refractivity contribution is -0.384. The van der Waals surface area contributed by atoms with Crippen molar-refractivity contribution in [3.8, 4) is 0 Å². The van der Waals surface area contributed by atoms with Crippen molar-refractivity contribution in [2.75, 3.05) is 42.9 Å². The van der Waals surface area contributed by atoms with Crippen molar-refractivity contribution >= 4 is 23.1 Å². The molecule has 4 aromatic carbocycles. The molecule has 0 aliphatic carbocycles. The van der Waals surface area contributed by atoms with Gasteiger partial charge in [-0.2, -0.15) is 0 Å². The van der Waals surface area contributed by atoms with Gasteiger partial charge in [0.2, 0.25) is 0 Å². The van der Waals surface area contributed by atoms with E-state index < -0.39 is 6.29 Å². The predicted octanol–water partition coefficient (Wildman–Crippen LogP) is 5.78. The minimum Gasteiger partial charge on any atom is -0.392 e. The Labute approximate surface area is 273 Å². The van der Waals surface area contributed by atoms with Crippen LogP contribution in [0.4, 0.5) is 21.9 Å². The quantitative estimate of drug-likeness (QED) is 0.148. The van der Waals surface area contributed by atoms with Crippen molar-refractivity contribution in [3.63, 3.8) is 0 Å². The number of nitrogens with one attached hydrogen (secondary N) is 2. The first-order valence-corrected chi connectivity index (χ1v) is 15.8. The van der Waals surface area contributed by atoms with Gasteiger partial charge in [-0.15, -0.1) is 0 Å². The number of amides is 2. The Morgan fingerprint density at radius 1 is 0.851 bits per heavy atom.